The van der Waals surface area contributed by atoms with Crippen LogP contribution in [0.4, 0.5) is 0 Å². The summed E-state index contributed by atoms with van der Waals surface area (Å²) in [7, 11) is 1.93. The maximum Gasteiger partial charge on any atom is 0.191 e. The molecular weight excluding hydrogens is 400 g/mol. The SMILES string of the molecule is CCNC(=NCc1ccnn1C)NCC(c1ccc(Cl)cc1)N1CCOC(C)(C)C1. The van der Waals surface area contributed by atoms with Gasteiger partial charge in [0.05, 0.1) is 30.5 Å². The van der Waals surface area contributed by atoms with Crippen LogP contribution in [0.1, 0.15) is 38.1 Å². The van der Waals surface area contributed by atoms with E-state index in [2.05, 4.69) is 53.5 Å². The van der Waals surface area contributed by atoms with Crippen LogP contribution >= 0.6 is 11.6 Å². The Kier molecular flexibility index (Phi) is 7.75. The van der Waals surface area contributed by atoms with Gasteiger partial charge in [-0.15, -0.1) is 0 Å². The number of hydrogen-bond acceptors (Lipinski definition) is 4. The van der Waals surface area contributed by atoms with E-state index in [1.165, 1.54) is 5.56 Å². The van der Waals surface area contributed by atoms with Crippen molar-refractivity contribution >= 4 is 17.6 Å². The van der Waals surface area contributed by atoms with E-state index < -0.39 is 0 Å². The van der Waals surface area contributed by atoms with E-state index in [4.69, 9.17) is 21.3 Å². The van der Waals surface area contributed by atoms with Crippen LogP contribution in [-0.2, 0) is 18.3 Å². The number of aliphatic imine (C=N–C) groups is 1. The molecule has 8 heteroatoms. The Bertz CT molecular complexity index is 832. The number of morpholine rings is 1. The second-order valence-electron chi connectivity index (χ2n) is 8.17. The molecule has 164 valence electrons. The van der Waals surface area contributed by atoms with Crippen LogP contribution in [0.5, 0.6) is 0 Å². The molecule has 1 aliphatic heterocycles. The maximum atomic E-state index is 6.13. The summed E-state index contributed by atoms with van der Waals surface area (Å²) < 4.78 is 7.78. The number of halogens is 1. The molecule has 0 aliphatic carbocycles. The highest BCUT2D eigenvalue weighted by molar-refractivity contribution is 6.30. The Morgan fingerprint density at radius 2 is 2.03 bits per heavy atom. The molecule has 1 fully saturated rings. The minimum atomic E-state index is -0.166. The Labute approximate surface area is 184 Å². The molecule has 7 nitrogen and oxygen atoms in total. The van der Waals surface area contributed by atoms with Gasteiger partial charge in [-0.05, 0) is 44.5 Å². The number of benzene rings is 1. The van der Waals surface area contributed by atoms with E-state index in [0.717, 1.165) is 49.5 Å². The molecule has 1 saturated heterocycles. The second kappa shape index (κ2) is 10.3. The lowest BCUT2D eigenvalue weighted by Crippen LogP contribution is -2.52. The molecule has 1 aliphatic rings. The Morgan fingerprint density at radius 3 is 2.67 bits per heavy atom. The van der Waals surface area contributed by atoms with Gasteiger partial charge in [-0.2, -0.15) is 5.10 Å². The number of nitrogens with zero attached hydrogens (tertiary/aromatic N) is 4. The number of nitrogens with one attached hydrogen (secondary N) is 2. The lowest BCUT2D eigenvalue weighted by molar-refractivity contribution is -0.0971. The van der Waals surface area contributed by atoms with Gasteiger partial charge in [-0.25, -0.2) is 4.99 Å². The molecule has 2 heterocycles. The van der Waals surface area contributed by atoms with E-state index in [1.54, 1.807) is 6.20 Å². The van der Waals surface area contributed by atoms with Gasteiger partial charge in [0, 0.05) is 44.4 Å². The highest BCUT2D eigenvalue weighted by Crippen LogP contribution is 2.27. The first kappa shape index (κ1) is 22.6. The minimum Gasteiger partial charge on any atom is -0.373 e. The van der Waals surface area contributed by atoms with E-state index in [-0.39, 0.29) is 11.6 Å². The van der Waals surface area contributed by atoms with E-state index in [9.17, 15) is 0 Å². The highest BCUT2D eigenvalue weighted by Gasteiger charge is 2.32. The van der Waals surface area contributed by atoms with E-state index >= 15 is 0 Å². The van der Waals surface area contributed by atoms with Crippen LogP contribution in [0.2, 0.25) is 5.02 Å². The third-order valence-electron chi connectivity index (χ3n) is 5.28. The van der Waals surface area contributed by atoms with Gasteiger partial charge >= 0.3 is 0 Å². The highest BCUT2D eigenvalue weighted by atomic mass is 35.5. The van der Waals surface area contributed by atoms with Crippen molar-refractivity contribution in [3.8, 4) is 0 Å². The van der Waals surface area contributed by atoms with Crippen LogP contribution in [0.25, 0.3) is 0 Å². The number of ether oxygens (including phenoxy) is 1. The first-order valence-corrected chi connectivity index (χ1v) is 10.9. The fourth-order valence-corrected chi connectivity index (χ4v) is 3.84. The first-order chi connectivity index (χ1) is 14.4. The molecule has 2 aromatic rings. The maximum absolute atomic E-state index is 6.13. The summed E-state index contributed by atoms with van der Waals surface area (Å²) in [5.41, 5.74) is 2.13. The zero-order chi connectivity index (χ0) is 21.6. The summed E-state index contributed by atoms with van der Waals surface area (Å²) in [6, 6.07) is 10.3. The lowest BCUT2D eigenvalue weighted by atomic mass is 10.0. The predicted molar refractivity (Wildman–Crippen MR) is 122 cm³/mol. The molecule has 0 radical (unpaired) electrons. The molecule has 2 N–H and O–H groups in total. The predicted octanol–water partition coefficient (Wildman–Crippen LogP) is 2.98. The van der Waals surface area contributed by atoms with Crippen LogP contribution in [0.15, 0.2) is 41.5 Å². The smallest absolute Gasteiger partial charge is 0.191 e. The second-order valence-corrected chi connectivity index (χ2v) is 8.60. The summed E-state index contributed by atoms with van der Waals surface area (Å²) >= 11 is 6.13. The first-order valence-electron chi connectivity index (χ1n) is 10.5. The molecule has 30 heavy (non-hydrogen) atoms. The fourth-order valence-electron chi connectivity index (χ4n) is 3.71. The molecule has 0 bridgehead atoms. The van der Waals surface area contributed by atoms with Crippen molar-refractivity contribution in [3.63, 3.8) is 0 Å². The number of aryl methyl sites for hydroxylation is 1. The number of guanidine groups is 1. The van der Waals surface area contributed by atoms with Crippen molar-refractivity contribution in [2.45, 2.75) is 39.0 Å². The van der Waals surface area contributed by atoms with Gasteiger partial charge in [0.25, 0.3) is 0 Å². The topological polar surface area (TPSA) is 66.7 Å². The average molecular weight is 433 g/mol. The molecule has 0 spiro atoms. The average Bonchev–Trinajstić information content (AvgIpc) is 3.11. The largest absolute Gasteiger partial charge is 0.373 e. The number of hydrogen-bond donors (Lipinski definition) is 2. The Morgan fingerprint density at radius 1 is 1.27 bits per heavy atom. The van der Waals surface area contributed by atoms with Gasteiger partial charge < -0.3 is 15.4 Å². The Hall–Kier alpha value is -2.09. The quantitative estimate of drug-likeness (QED) is 0.520. The van der Waals surface area contributed by atoms with Crippen molar-refractivity contribution in [2.75, 3.05) is 32.8 Å². The minimum absolute atomic E-state index is 0.166. The van der Waals surface area contributed by atoms with Gasteiger partial charge in [-0.3, -0.25) is 9.58 Å². The van der Waals surface area contributed by atoms with Gasteiger partial charge in [0.1, 0.15) is 0 Å². The van der Waals surface area contributed by atoms with Crippen LogP contribution in [0.3, 0.4) is 0 Å². The normalized spacial score (nSPS) is 18.2. The summed E-state index contributed by atoms with van der Waals surface area (Å²) in [4.78, 5) is 7.22. The summed E-state index contributed by atoms with van der Waals surface area (Å²) in [5.74, 6) is 0.796. The number of aromatic nitrogens is 2. The molecule has 1 unspecified atom stereocenters. The van der Waals surface area contributed by atoms with Crippen LogP contribution < -0.4 is 10.6 Å². The third-order valence-corrected chi connectivity index (χ3v) is 5.53. The van der Waals surface area contributed by atoms with Crippen molar-refractivity contribution in [1.29, 1.82) is 0 Å². The molecular formula is C22H33ClN6O. The summed E-state index contributed by atoms with van der Waals surface area (Å²) in [6.07, 6.45) is 1.79. The molecule has 1 atom stereocenters. The molecule has 0 amide bonds. The zero-order valence-electron chi connectivity index (χ0n) is 18.4. The summed E-state index contributed by atoms with van der Waals surface area (Å²) in [5, 5.41) is 11.8. The van der Waals surface area contributed by atoms with Crippen molar-refractivity contribution in [2.24, 2.45) is 12.0 Å². The van der Waals surface area contributed by atoms with Gasteiger partial charge in [-0.1, -0.05) is 23.7 Å². The summed E-state index contributed by atoms with van der Waals surface area (Å²) in [6.45, 7) is 10.9. The van der Waals surface area contributed by atoms with Crippen LogP contribution in [0, 0.1) is 0 Å². The van der Waals surface area contributed by atoms with Crippen molar-refractivity contribution in [1.82, 2.24) is 25.3 Å². The fraction of sp³-hybridized carbons (Fsp3) is 0.545. The van der Waals surface area contributed by atoms with E-state index in [1.807, 2.05) is 29.9 Å². The molecule has 3 rings (SSSR count). The van der Waals surface area contributed by atoms with Gasteiger partial charge in [0.2, 0.25) is 0 Å². The third kappa shape index (κ3) is 6.20. The Balaban J connectivity index is 1.75. The molecule has 1 aromatic carbocycles. The zero-order valence-corrected chi connectivity index (χ0v) is 19.1. The van der Waals surface area contributed by atoms with Crippen molar-refractivity contribution in [3.05, 3.63) is 52.8 Å². The van der Waals surface area contributed by atoms with Gasteiger partial charge in [0.15, 0.2) is 5.96 Å². The molecule has 1 aromatic heterocycles. The molecule has 0 saturated carbocycles. The standard InChI is InChI=1S/C22H33ClN6O/c1-5-24-21(25-14-19-10-11-27-28(19)4)26-15-20(17-6-8-18(23)9-7-17)29-12-13-30-22(2,3)16-29/h6-11,20H,5,12-16H2,1-4H3,(H2,24,25,26). The number of rotatable bonds is 7. The lowest BCUT2D eigenvalue weighted by Gasteiger charge is -2.42. The monoisotopic (exact) mass is 432 g/mol. The van der Waals surface area contributed by atoms with E-state index in [0.29, 0.717) is 6.54 Å². The van der Waals surface area contributed by atoms with Crippen molar-refractivity contribution < 1.29 is 4.74 Å². The van der Waals surface area contributed by atoms with Crippen LogP contribution in [-0.4, -0.2) is 59.0 Å².